The molecule has 2 fully saturated rings. The van der Waals surface area contributed by atoms with Crippen molar-refractivity contribution in [2.45, 2.75) is 45.1 Å². The third-order valence-corrected chi connectivity index (χ3v) is 4.12. The van der Waals surface area contributed by atoms with E-state index in [1.807, 2.05) is 4.90 Å². The van der Waals surface area contributed by atoms with Crippen molar-refractivity contribution in [2.24, 2.45) is 11.8 Å². The van der Waals surface area contributed by atoms with E-state index in [1.165, 1.54) is 0 Å². The van der Waals surface area contributed by atoms with Gasteiger partial charge in [0.2, 0.25) is 5.91 Å². The van der Waals surface area contributed by atoms with Gasteiger partial charge in [0.1, 0.15) is 5.78 Å². The van der Waals surface area contributed by atoms with Crippen LogP contribution in [0, 0.1) is 11.8 Å². The Kier molecular flexibility index (Phi) is 3.82. The number of carbonyl (C=O) groups is 2. The highest BCUT2D eigenvalue weighted by atomic mass is 16.3. The molecule has 0 aromatic heterocycles. The van der Waals surface area contributed by atoms with Crippen molar-refractivity contribution in [2.75, 3.05) is 13.1 Å². The van der Waals surface area contributed by atoms with E-state index in [0.29, 0.717) is 6.54 Å². The first-order chi connectivity index (χ1) is 8.08. The largest absolute Gasteiger partial charge is 0.393 e. The molecule has 2 rings (SSSR count). The molecule has 1 atom stereocenters. The Hall–Kier alpha value is -0.900. The van der Waals surface area contributed by atoms with Crippen LogP contribution in [-0.4, -0.2) is 40.9 Å². The molecule has 1 heterocycles. The van der Waals surface area contributed by atoms with Gasteiger partial charge in [0.05, 0.1) is 6.10 Å². The molecule has 1 N–H and O–H groups in total. The highest BCUT2D eigenvalue weighted by Crippen LogP contribution is 2.28. The lowest BCUT2D eigenvalue weighted by Gasteiger charge is -2.28. The predicted octanol–water partition coefficient (Wildman–Crippen LogP) is 0.975. The molecule has 2 aliphatic rings. The summed E-state index contributed by atoms with van der Waals surface area (Å²) in [6.45, 7) is 2.94. The Morgan fingerprint density at radius 3 is 2.24 bits per heavy atom. The number of aliphatic hydroxyl groups excluding tert-OH is 1. The van der Waals surface area contributed by atoms with Crippen LogP contribution in [-0.2, 0) is 9.59 Å². The fraction of sp³-hybridized carbons (Fsp3) is 0.846. The minimum Gasteiger partial charge on any atom is -0.393 e. The number of likely N-dealkylation sites (tertiary alicyclic amines) is 1. The van der Waals surface area contributed by atoms with Crippen LogP contribution in [0.1, 0.15) is 39.0 Å². The molecule has 4 nitrogen and oxygen atoms in total. The highest BCUT2D eigenvalue weighted by molar-refractivity contribution is 5.83. The number of hydrogen-bond donors (Lipinski definition) is 1. The summed E-state index contributed by atoms with van der Waals surface area (Å²) in [5.41, 5.74) is 0. The Morgan fingerprint density at radius 2 is 1.71 bits per heavy atom. The molecule has 0 bridgehead atoms. The summed E-state index contributed by atoms with van der Waals surface area (Å²) in [6.07, 6.45) is 3.65. The second kappa shape index (κ2) is 5.17. The molecule has 0 radical (unpaired) electrons. The Balaban J connectivity index is 1.86. The Labute approximate surface area is 102 Å². The van der Waals surface area contributed by atoms with Gasteiger partial charge < -0.3 is 10.0 Å². The van der Waals surface area contributed by atoms with Crippen LogP contribution in [0.2, 0.25) is 0 Å². The number of hydrogen-bond acceptors (Lipinski definition) is 3. The smallest absolute Gasteiger partial charge is 0.225 e. The summed E-state index contributed by atoms with van der Waals surface area (Å²) in [6, 6.07) is 0. The van der Waals surface area contributed by atoms with Gasteiger partial charge in [0, 0.05) is 24.9 Å². The van der Waals surface area contributed by atoms with Gasteiger partial charge in [-0.1, -0.05) is 0 Å². The van der Waals surface area contributed by atoms with E-state index in [0.717, 1.165) is 38.6 Å². The zero-order valence-corrected chi connectivity index (χ0v) is 10.4. The molecule has 4 heteroatoms. The fourth-order valence-electron chi connectivity index (χ4n) is 2.87. The van der Waals surface area contributed by atoms with Crippen LogP contribution in [0.3, 0.4) is 0 Å². The van der Waals surface area contributed by atoms with Gasteiger partial charge in [-0.3, -0.25) is 9.59 Å². The normalized spacial score (nSPS) is 33.8. The van der Waals surface area contributed by atoms with Gasteiger partial charge in [-0.05, 0) is 39.0 Å². The van der Waals surface area contributed by atoms with Crippen molar-refractivity contribution >= 4 is 11.7 Å². The molecule has 96 valence electrons. The van der Waals surface area contributed by atoms with E-state index < -0.39 is 0 Å². The summed E-state index contributed by atoms with van der Waals surface area (Å²) < 4.78 is 0. The second-order valence-electron chi connectivity index (χ2n) is 5.39. The molecule has 1 saturated heterocycles. The number of carbonyl (C=O) groups excluding carboxylic acids is 2. The number of aliphatic hydroxyl groups is 1. The first-order valence-electron chi connectivity index (χ1n) is 6.55. The SMILES string of the molecule is CC(=O)[C@@H]1CCN(C(=O)C2CCC(O)CC2)C1. The van der Waals surface area contributed by atoms with Crippen LogP contribution < -0.4 is 0 Å². The first kappa shape index (κ1) is 12.6. The lowest BCUT2D eigenvalue weighted by atomic mass is 9.86. The van der Waals surface area contributed by atoms with Gasteiger partial charge in [-0.2, -0.15) is 0 Å². The number of rotatable bonds is 2. The van der Waals surface area contributed by atoms with Crippen molar-refractivity contribution in [3.05, 3.63) is 0 Å². The van der Waals surface area contributed by atoms with E-state index in [1.54, 1.807) is 6.92 Å². The molecule has 0 aromatic rings. The molecular weight excluding hydrogens is 218 g/mol. The topological polar surface area (TPSA) is 57.6 Å². The first-order valence-corrected chi connectivity index (χ1v) is 6.55. The lowest BCUT2D eigenvalue weighted by molar-refractivity contribution is -0.136. The number of ketones is 1. The summed E-state index contributed by atoms with van der Waals surface area (Å²) >= 11 is 0. The molecule has 1 saturated carbocycles. The summed E-state index contributed by atoms with van der Waals surface area (Å²) in [5, 5.41) is 9.42. The second-order valence-corrected chi connectivity index (χ2v) is 5.39. The number of amides is 1. The maximum atomic E-state index is 12.2. The zero-order chi connectivity index (χ0) is 12.4. The Morgan fingerprint density at radius 1 is 1.06 bits per heavy atom. The van der Waals surface area contributed by atoms with Crippen molar-refractivity contribution in [3.63, 3.8) is 0 Å². The maximum Gasteiger partial charge on any atom is 0.225 e. The third kappa shape index (κ3) is 2.86. The van der Waals surface area contributed by atoms with Gasteiger partial charge >= 0.3 is 0 Å². The van der Waals surface area contributed by atoms with Crippen molar-refractivity contribution in [1.29, 1.82) is 0 Å². The third-order valence-electron chi connectivity index (χ3n) is 4.12. The van der Waals surface area contributed by atoms with Crippen LogP contribution in [0.25, 0.3) is 0 Å². The van der Waals surface area contributed by atoms with Crippen LogP contribution >= 0.6 is 0 Å². The van der Waals surface area contributed by atoms with E-state index in [-0.39, 0.29) is 29.6 Å². The minimum absolute atomic E-state index is 0.0492. The average Bonchev–Trinajstić information content (AvgIpc) is 2.78. The van der Waals surface area contributed by atoms with E-state index in [9.17, 15) is 14.7 Å². The van der Waals surface area contributed by atoms with Gasteiger partial charge in [0.15, 0.2) is 0 Å². The molecule has 0 spiro atoms. The number of Topliss-reactive ketones (excluding diaryl/α,β-unsaturated/α-hetero) is 1. The van der Waals surface area contributed by atoms with Gasteiger partial charge in [0.25, 0.3) is 0 Å². The van der Waals surface area contributed by atoms with Crippen molar-refractivity contribution in [3.8, 4) is 0 Å². The summed E-state index contributed by atoms with van der Waals surface area (Å²) in [7, 11) is 0. The van der Waals surface area contributed by atoms with Crippen molar-refractivity contribution in [1.82, 2.24) is 4.90 Å². The zero-order valence-electron chi connectivity index (χ0n) is 10.4. The standard InChI is InChI=1S/C13H21NO3/c1-9(15)11-6-7-14(8-11)13(17)10-2-4-12(16)5-3-10/h10-12,16H,2-8H2,1H3/t10?,11-,12?/m1/s1. The summed E-state index contributed by atoms with van der Waals surface area (Å²) in [5.74, 6) is 0.511. The molecule has 0 aromatic carbocycles. The molecule has 0 unspecified atom stereocenters. The molecule has 17 heavy (non-hydrogen) atoms. The molecule has 1 aliphatic heterocycles. The lowest BCUT2D eigenvalue weighted by Crippen LogP contribution is -2.37. The van der Waals surface area contributed by atoms with Crippen LogP contribution in [0.5, 0.6) is 0 Å². The molecule has 1 aliphatic carbocycles. The molecular formula is C13H21NO3. The Bertz CT molecular complexity index is 308. The highest BCUT2D eigenvalue weighted by Gasteiger charge is 2.34. The van der Waals surface area contributed by atoms with Crippen molar-refractivity contribution < 1.29 is 14.7 Å². The van der Waals surface area contributed by atoms with E-state index >= 15 is 0 Å². The number of nitrogens with zero attached hydrogens (tertiary/aromatic N) is 1. The molecule has 1 amide bonds. The van der Waals surface area contributed by atoms with E-state index in [4.69, 9.17) is 0 Å². The summed E-state index contributed by atoms with van der Waals surface area (Å²) in [4.78, 5) is 25.3. The van der Waals surface area contributed by atoms with Crippen LogP contribution in [0.4, 0.5) is 0 Å². The maximum absolute atomic E-state index is 12.2. The van der Waals surface area contributed by atoms with Crippen LogP contribution in [0.15, 0.2) is 0 Å². The van der Waals surface area contributed by atoms with Gasteiger partial charge in [-0.25, -0.2) is 0 Å². The van der Waals surface area contributed by atoms with E-state index in [2.05, 4.69) is 0 Å². The predicted molar refractivity (Wildman–Crippen MR) is 63.3 cm³/mol. The fourth-order valence-corrected chi connectivity index (χ4v) is 2.87. The quantitative estimate of drug-likeness (QED) is 0.781. The monoisotopic (exact) mass is 239 g/mol. The average molecular weight is 239 g/mol. The van der Waals surface area contributed by atoms with Gasteiger partial charge in [-0.15, -0.1) is 0 Å². The minimum atomic E-state index is -0.220.